The van der Waals surface area contributed by atoms with Crippen LogP contribution in [0.3, 0.4) is 0 Å². The SMILES string of the molecule is CC(C)Oc1nc(N(C)CCN(C)C)c(N)cc1Nc1ncc(Cl)c(-c2cn(C)c3ncccc23)n1. The van der Waals surface area contributed by atoms with Crippen molar-refractivity contribution in [3.05, 3.63) is 41.8 Å². The van der Waals surface area contributed by atoms with Gasteiger partial charge in [-0.2, -0.15) is 4.98 Å². The van der Waals surface area contributed by atoms with E-state index in [2.05, 4.69) is 20.2 Å². The predicted molar refractivity (Wildman–Crippen MR) is 146 cm³/mol. The van der Waals surface area contributed by atoms with Crippen LogP contribution in [0.25, 0.3) is 22.3 Å². The number of aryl methyl sites for hydroxylation is 1. The molecule has 0 saturated heterocycles. The van der Waals surface area contributed by atoms with E-state index in [1.807, 2.05) is 69.8 Å². The summed E-state index contributed by atoms with van der Waals surface area (Å²) < 4.78 is 7.97. The van der Waals surface area contributed by atoms with Crippen LogP contribution in [0.2, 0.25) is 5.02 Å². The van der Waals surface area contributed by atoms with Crippen molar-refractivity contribution in [2.45, 2.75) is 20.0 Å². The minimum atomic E-state index is -0.0912. The molecule has 0 unspecified atom stereocenters. The predicted octanol–water partition coefficient (Wildman–Crippen LogP) is 4.19. The van der Waals surface area contributed by atoms with Crippen LogP contribution in [0.5, 0.6) is 5.88 Å². The molecule has 0 radical (unpaired) electrons. The number of nitrogens with one attached hydrogen (secondary N) is 1. The maximum Gasteiger partial charge on any atom is 0.240 e. The van der Waals surface area contributed by atoms with Crippen LogP contribution >= 0.6 is 11.6 Å². The average molecular weight is 510 g/mol. The lowest BCUT2D eigenvalue weighted by atomic mass is 10.1. The number of rotatable bonds is 9. The Bertz CT molecular complexity index is 1370. The number of nitrogen functional groups attached to an aromatic ring is 1. The molecule has 0 aliphatic heterocycles. The standard InChI is InChI=1S/C25H32ClN9O/c1-15(2)36-24-20(12-19(27)23(32-24)34(5)11-10-33(3)4)30-25-29-13-18(26)21(31-25)17-14-35(6)22-16(17)8-7-9-28-22/h7-9,12-15H,10-11,27H2,1-6H3,(H,29,30,31). The Hall–Kier alpha value is -3.63. The van der Waals surface area contributed by atoms with Gasteiger partial charge in [-0.15, -0.1) is 0 Å². The largest absolute Gasteiger partial charge is 0.473 e. The lowest BCUT2D eigenvalue weighted by Gasteiger charge is -2.24. The monoisotopic (exact) mass is 509 g/mol. The first-order valence-corrected chi connectivity index (χ1v) is 12.0. The zero-order valence-electron chi connectivity index (χ0n) is 21.4. The van der Waals surface area contributed by atoms with Crippen molar-refractivity contribution in [3.8, 4) is 17.1 Å². The molecule has 4 aromatic rings. The quantitative estimate of drug-likeness (QED) is 0.343. The highest BCUT2D eigenvalue weighted by atomic mass is 35.5. The van der Waals surface area contributed by atoms with Crippen LogP contribution in [0.4, 0.5) is 23.1 Å². The molecule has 0 aliphatic carbocycles. The van der Waals surface area contributed by atoms with Gasteiger partial charge >= 0.3 is 0 Å². The van der Waals surface area contributed by atoms with Gasteiger partial charge in [0.1, 0.15) is 11.3 Å². The van der Waals surface area contributed by atoms with E-state index in [1.54, 1.807) is 18.5 Å². The smallest absolute Gasteiger partial charge is 0.240 e. The van der Waals surface area contributed by atoms with Gasteiger partial charge in [0.25, 0.3) is 0 Å². The second-order valence-corrected chi connectivity index (χ2v) is 9.60. The van der Waals surface area contributed by atoms with Crippen molar-refractivity contribution in [2.75, 3.05) is 50.2 Å². The molecule has 190 valence electrons. The second kappa shape index (κ2) is 10.5. The summed E-state index contributed by atoms with van der Waals surface area (Å²) in [5.74, 6) is 1.41. The fourth-order valence-corrected chi connectivity index (χ4v) is 4.00. The number of hydrogen-bond donors (Lipinski definition) is 2. The van der Waals surface area contributed by atoms with Crippen molar-refractivity contribution in [1.82, 2.24) is 29.4 Å². The molecular formula is C25H32ClN9O. The first-order valence-electron chi connectivity index (χ1n) is 11.7. The number of nitrogens with zero attached hydrogens (tertiary/aromatic N) is 7. The van der Waals surface area contributed by atoms with Crippen molar-refractivity contribution in [1.29, 1.82) is 0 Å². The Balaban J connectivity index is 1.71. The van der Waals surface area contributed by atoms with Gasteiger partial charge in [-0.3, -0.25) is 0 Å². The lowest BCUT2D eigenvalue weighted by Crippen LogP contribution is -2.29. The van der Waals surface area contributed by atoms with E-state index >= 15 is 0 Å². The molecule has 0 aliphatic rings. The molecule has 36 heavy (non-hydrogen) atoms. The van der Waals surface area contributed by atoms with Crippen molar-refractivity contribution >= 4 is 45.8 Å². The third-order valence-corrected chi connectivity index (χ3v) is 5.84. The molecule has 0 amide bonds. The third kappa shape index (κ3) is 5.44. The van der Waals surface area contributed by atoms with Gasteiger partial charge in [-0.25, -0.2) is 15.0 Å². The van der Waals surface area contributed by atoms with E-state index in [-0.39, 0.29) is 6.10 Å². The van der Waals surface area contributed by atoms with Crippen LogP contribution in [-0.2, 0) is 7.05 Å². The van der Waals surface area contributed by atoms with Gasteiger partial charge in [-0.05, 0) is 46.1 Å². The van der Waals surface area contributed by atoms with Crippen molar-refractivity contribution in [2.24, 2.45) is 7.05 Å². The van der Waals surface area contributed by atoms with E-state index < -0.39 is 0 Å². The first-order chi connectivity index (χ1) is 17.1. The summed E-state index contributed by atoms with van der Waals surface area (Å²) >= 11 is 6.53. The van der Waals surface area contributed by atoms with E-state index in [1.165, 1.54) is 0 Å². The highest BCUT2D eigenvalue weighted by molar-refractivity contribution is 6.33. The number of likely N-dealkylation sites (N-methyl/N-ethyl adjacent to an activating group) is 2. The molecule has 0 bridgehead atoms. The van der Waals surface area contributed by atoms with E-state index in [0.29, 0.717) is 39.7 Å². The fraction of sp³-hybridized carbons (Fsp3) is 0.360. The number of fused-ring (bicyclic) bond motifs is 1. The van der Waals surface area contributed by atoms with Gasteiger partial charge in [0, 0.05) is 50.5 Å². The summed E-state index contributed by atoms with van der Waals surface area (Å²) in [6.07, 6.45) is 5.20. The number of pyridine rings is 2. The summed E-state index contributed by atoms with van der Waals surface area (Å²) in [7, 11) is 7.95. The topological polar surface area (TPSA) is 110 Å². The van der Waals surface area contributed by atoms with Crippen LogP contribution in [0.1, 0.15) is 13.8 Å². The van der Waals surface area contributed by atoms with Gasteiger partial charge in [0.15, 0.2) is 5.82 Å². The minimum absolute atomic E-state index is 0.0912. The summed E-state index contributed by atoms with van der Waals surface area (Å²) in [5, 5.41) is 4.62. The first kappa shape index (κ1) is 25.5. The molecule has 10 nitrogen and oxygen atoms in total. The van der Waals surface area contributed by atoms with Gasteiger partial charge in [-0.1, -0.05) is 11.6 Å². The molecule has 0 aromatic carbocycles. The van der Waals surface area contributed by atoms with E-state index in [0.717, 1.165) is 29.7 Å². The molecule has 0 atom stereocenters. The number of halogens is 1. The second-order valence-electron chi connectivity index (χ2n) is 9.19. The zero-order valence-corrected chi connectivity index (χ0v) is 22.2. The number of nitrogens with two attached hydrogens (primary N) is 1. The summed E-state index contributed by atoms with van der Waals surface area (Å²) in [4.78, 5) is 22.4. The Labute approximate surface area is 216 Å². The van der Waals surface area contributed by atoms with E-state index in [9.17, 15) is 0 Å². The highest BCUT2D eigenvalue weighted by Crippen LogP contribution is 2.36. The normalized spacial score (nSPS) is 11.5. The molecule has 4 heterocycles. The number of hydrogen-bond acceptors (Lipinski definition) is 9. The van der Waals surface area contributed by atoms with Crippen molar-refractivity contribution in [3.63, 3.8) is 0 Å². The fourth-order valence-electron chi connectivity index (χ4n) is 3.81. The zero-order chi connectivity index (χ0) is 26.0. The van der Waals surface area contributed by atoms with Crippen LogP contribution in [-0.4, -0.2) is 69.7 Å². The molecule has 4 rings (SSSR count). The number of aromatic nitrogens is 5. The summed E-state index contributed by atoms with van der Waals surface area (Å²) in [5.41, 5.74) is 9.80. The molecule has 11 heteroatoms. The molecular weight excluding hydrogens is 478 g/mol. The van der Waals surface area contributed by atoms with Crippen LogP contribution in [0, 0.1) is 0 Å². The highest BCUT2D eigenvalue weighted by Gasteiger charge is 2.19. The number of ether oxygens (including phenoxy) is 1. The molecule has 0 fully saturated rings. The van der Waals surface area contributed by atoms with E-state index in [4.69, 9.17) is 32.0 Å². The minimum Gasteiger partial charge on any atom is -0.473 e. The number of anilines is 4. The molecule has 0 spiro atoms. The van der Waals surface area contributed by atoms with Crippen LogP contribution < -0.4 is 20.7 Å². The van der Waals surface area contributed by atoms with Gasteiger partial charge in [0.05, 0.1) is 28.7 Å². The van der Waals surface area contributed by atoms with Gasteiger partial charge in [0.2, 0.25) is 11.8 Å². The van der Waals surface area contributed by atoms with Crippen molar-refractivity contribution < 1.29 is 4.74 Å². The Morgan fingerprint density at radius 2 is 1.94 bits per heavy atom. The Morgan fingerprint density at radius 3 is 2.67 bits per heavy atom. The Kier molecular flexibility index (Phi) is 7.46. The third-order valence-electron chi connectivity index (χ3n) is 5.57. The average Bonchev–Trinajstić information content (AvgIpc) is 3.16. The van der Waals surface area contributed by atoms with Gasteiger partial charge < -0.3 is 30.2 Å². The molecule has 3 N–H and O–H groups in total. The Morgan fingerprint density at radius 1 is 1.17 bits per heavy atom. The maximum absolute atomic E-state index is 6.53. The summed E-state index contributed by atoms with van der Waals surface area (Å²) in [6, 6.07) is 5.68. The van der Waals surface area contributed by atoms with Crippen LogP contribution in [0.15, 0.2) is 36.8 Å². The molecule has 0 saturated carbocycles. The lowest BCUT2D eigenvalue weighted by molar-refractivity contribution is 0.234. The summed E-state index contributed by atoms with van der Waals surface area (Å²) in [6.45, 7) is 5.52. The maximum atomic E-state index is 6.53. The molecule has 4 aromatic heterocycles.